The third kappa shape index (κ3) is 4.05. The molecule has 1 amide bonds. The van der Waals surface area contributed by atoms with Crippen LogP contribution in [0.15, 0.2) is 16.6 Å². The minimum atomic E-state index is -0.818. The Balaban J connectivity index is 2.91. The third-order valence-corrected chi connectivity index (χ3v) is 4.07. The van der Waals surface area contributed by atoms with E-state index in [9.17, 15) is 9.59 Å². The molecule has 1 aromatic rings. The molecule has 0 aliphatic rings. The van der Waals surface area contributed by atoms with Crippen molar-refractivity contribution in [2.45, 2.75) is 19.9 Å². The van der Waals surface area contributed by atoms with E-state index in [2.05, 4.69) is 26.0 Å². The second-order valence-electron chi connectivity index (χ2n) is 4.43. The monoisotopic (exact) mass is 343 g/mol. The van der Waals surface area contributed by atoms with E-state index in [0.717, 1.165) is 15.6 Å². The van der Waals surface area contributed by atoms with Gasteiger partial charge < -0.3 is 14.8 Å². The fourth-order valence-corrected chi connectivity index (χ4v) is 2.03. The van der Waals surface area contributed by atoms with Gasteiger partial charge in [0.2, 0.25) is 0 Å². The number of esters is 1. The predicted octanol–water partition coefficient (Wildman–Crippen LogP) is 1.98. The van der Waals surface area contributed by atoms with Crippen molar-refractivity contribution in [3.05, 3.63) is 33.3 Å². The van der Waals surface area contributed by atoms with Crippen molar-refractivity contribution in [3.63, 3.8) is 0 Å². The number of halogens is 1. The molecule has 0 spiro atoms. The van der Waals surface area contributed by atoms with Crippen molar-refractivity contribution in [1.82, 2.24) is 5.32 Å². The molecule has 0 aliphatic heterocycles. The van der Waals surface area contributed by atoms with Gasteiger partial charge in [-0.3, -0.25) is 4.79 Å². The molecule has 1 atom stereocenters. The molecular weight excluding hydrogens is 326 g/mol. The zero-order valence-electron chi connectivity index (χ0n) is 12.0. The molecule has 5 nitrogen and oxygen atoms in total. The topological polar surface area (TPSA) is 64.6 Å². The Morgan fingerprint density at radius 2 is 1.80 bits per heavy atom. The number of ether oxygens (including phenoxy) is 2. The summed E-state index contributed by atoms with van der Waals surface area (Å²) in [6, 6.07) is 2.70. The molecule has 0 heterocycles. The number of carbonyl (C=O) groups is 2. The van der Waals surface area contributed by atoms with Crippen molar-refractivity contribution in [1.29, 1.82) is 0 Å². The molecule has 0 aromatic heterocycles. The first kappa shape index (κ1) is 16.7. The van der Waals surface area contributed by atoms with Crippen LogP contribution in [0.5, 0.6) is 0 Å². The van der Waals surface area contributed by atoms with Crippen LogP contribution in [0.25, 0.3) is 0 Å². The fourth-order valence-electron chi connectivity index (χ4n) is 1.80. The van der Waals surface area contributed by atoms with E-state index in [1.165, 1.54) is 14.2 Å². The molecule has 0 saturated heterocycles. The first-order valence-electron chi connectivity index (χ1n) is 6.05. The number of nitrogens with one attached hydrogen (secondary N) is 1. The molecule has 6 heteroatoms. The van der Waals surface area contributed by atoms with Crippen LogP contribution in [0.1, 0.15) is 21.5 Å². The number of carbonyl (C=O) groups excluding carboxylic acids is 2. The van der Waals surface area contributed by atoms with Crippen molar-refractivity contribution in [2.75, 3.05) is 20.8 Å². The summed E-state index contributed by atoms with van der Waals surface area (Å²) in [4.78, 5) is 23.7. The molecule has 0 aliphatic carbocycles. The van der Waals surface area contributed by atoms with E-state index in [1.807, 2.05) is 13.8 Å². The maximum absolute atomic E-state index is 12.2. The van der Waals surface area contributed by atoms with E-state index in [0.29, 0.717) is 5.56 Å². The summed E-state index contributed by atoms with van der Waals surface area (Å²) in [7, 11) is 2.72. The number of rotatable bonds is 5. The minimum Gasteiger partial charge on any atom is -0.467 e. The first-order chi connectivity index (χ1) is 9.40. The summed E-state index contributed by atoms with van der Waals surface area (Å²) in [6.45, 7) is 3.87. The van der Waals surface area contributed by atoms with Crippen LogP contribution >= 0.6 is 15.9 Å². The van der Waals surface area contributed by atoms with Crippen molar-refractivity contribution < 1.29 is 19.1 Å². The van der Waals surface area contributed by atoms with Gasteiger partial charge in [-0.25, -0.2) is 4.79 Å². The minimum absolute atomic E-state index is 0.0624. The van der Waals surface area contributed by atoms with Gasteiger partial charge >= 0.3 is 5.97 Å². The zero-order valence-corrected chi connectivity index (χ0v) is 13.5. The van der Waals surface area contributed by atoms with Crippen molar-refractivity contribution >= 4 is 27.8 Å². The van der Waals surface area contributed by atoms with Crippen LogP contribution in [0.4, 0.5) is 0 Å². The highest BCUT2D eigenvalue weighted by molar-refractivity contribution is 9.10. The average molecular weight is 344 g/mol. The highest BCUT2D eigenvalue weighted by Crippen LogP contribution is 2.22. The highest BCUT2D eigenvalue weighted by Gasteiger charge is 2.22. The average Bonchev–Trinajstić information content (AvgIpc) is 2.42. The zero-order chi connectivity index (χ0) is 15.3. The summed E-state index contributed by atoms with van der Waals surface area (Å²) < 4.78 is 10.5. The lowest BCUT2D eigenvalue weighted by Crippen LogP contribution is -2.44. The molecule has 1 N–H and O–H groups in total. The van der Waals surface area contributed by atoms with E-state index >= 15 is 0 Å². The summed E-state index contributed by atoms with van der Waals surface area (Å²) in [5.41, 5.74) is 2.40. The second kappa shape index (κ2) is 7.40. The van der Waals surface area contributed by atoms with Crippen molar-refractivity contribution in [2.24, 2.45) is 0 Å². The number of methoxy groups -OCH3 is 2. The van der Waals surface area contributed by atoms with Crippen LogP contribution in [0, 0.1) is 13.8 Å². The normalized spacial score (nSPS) is 11.8. The maximum atomic E-state index is 12.2. The van der Waals surface area contributed by atoms with Crippen LogP contribution < -0.4 is 5.32 Å². The van der Waals surface area contributed by atoms with Gasteiger partial charge in [0.05, 0.1) is 13.7 Å². The van der Waals surface area contributed by atoms with Gasteiger partial charge in [-0.2, -0.15) is 0 Å². The lowest BCUT2D eigenvalue weighted by molar-refractivity contribution is -0.144. The van der Waals surface area contributed by atoms with Gasteiger partial charge in [0.15, 0.2) is 6.04 Å². The van der Waals surface area contributed by atoms with Gasteiger partial charge in [0.25, 0.3) is 5.91 Å². The van der Waals surface area contributed by atoms with Crippen LogP contribution in [-0.4, -0.2) is 38.7 Å². The van der Waals surface area contributed by atoms with E-state index in [4.69, 9.17) is 4.74 Å². The van der Waals surface area contributed by atoms with Crippen LogP contribution in [0.2, 0.25) is 0 Å². The number of aryl methyl sites for hydroxylation is 2. The van der Waals surface area contributed by atoms with Gasteiger partial charge in [-0.1, -0.05) is 15.9 Å². The Morgan fingerprint density at radius 1 is 1.25 bits per heavy atom. The molecule has 20 heavy (non-hydrogen) atoms. The predicted molar refractivity (Wildman–Crippen MR) is 78.8 cm³/mol. The molecule has 0 saturated carbocycles. The van der Waals surface area contributed by atoms with Crippen molar-refractivity contribution in [3.8, 4) is 0 Å². The third-order valence-electron chi connectivity index (χ3n) is 2.82. The maximum Gasteiger partial charge on any atom is 0.330 e. The summed E-state index contributed by atoms with van der Waals surface area (Å²) in [5, 5.41) is 2.61. The Morgan fingerprint density at radius 3 is 2.25 bits per heavy atom. The molecule has 0 bridgehead atoms. The standard InChI is InChI=1S/C14H18BrNO4/c1-8-5-10(6-9(2)12(8)15)13(17)16-11(7-19-3)14(18)20-4/h5-6,11H,7H2,1-4H3,(H,16,17)/t11-/m0/s1. The number of hydrogen-bond donors (Lipinski definition) is 1. The molecule has 0 unspecified atom stereocenters. The quantitative estimate of drug-likeness (QED) is 0.830. The van der Waals surface area contributed by atoms with E-state index in [1.54, 1.807) is 12.1 Å². The SMILES string of the molecule is COC[C@H](NC(=O)c1cc(C)c(Br)c(C)c1)C(=O)OC. The molecule has 1 aromatic carbocycles. The number of hydrogen-bond acceptors (Lipinski definition) is 4. The summed E-state index contributed by atoms with van der Waals surface area (Å²) in [5.74, 6) is -0.873. The molecule has 0 radical (unpaired) electrons. The first-order valence-corrected chi connectivity index (χ1v) is 6.84. The number of benzene rings is 1. The van der Waals surface area contributed by atoms with Gasteiger partial charge in [0.1, 0.15) is 0 Å². The molecule has 1 rings (SSSR count). The summed E-state index contributed by atoms with van der Waals surface area (Å²) in [6.07, 6.45) is 0. The Labute approximate surface area is 126 Å². The lowest BCUT2D eigenvalue weighted by atomic mass is 10.1. The van der Waals surface area contributed by atoms with Gasteiger partial charge in [-0.05, 0) is 37.1 Å². The Hall–Kier alpha value is -1.40. The summed E-state index contributed by atoms with van der Waals surface area (Å²) >= 11 is 3.45. The lowest BCUT2D eigenvalue weighted by Gasteiger charge is -2.16. The smallest absolute Gasteiger partial charge is 0.330 e. The second-order valence-corrected chi connectivity index (χ2v) is 5.22. The van der Waals surface area contributed by atoms with Crippen LogP contribution in [-0.2, 0) is 14.3 Å². The van der Waals surface area contributed by atoms with E-state index < -0.39 is 12.0 Å². The van der Waals surface area contributed by atoms with Crippen LogP contribution in [0.3, 0.4) is 0 Å². The highest BCUT2D eigenvalue weighted by atomic mass is 79.9. The molecule has 0 fully saturated rings. The van der Waals surface area contributed by atoms with Gasteiger partial charge in [-0.15, -0.1) is 0 Å². The fraction of sp³-hybridized carbons (Fsp3) is 0.429. The largest absolute Gasteiger partial charge is 0.467 e. The Kier molecular flexibility index (Phi) is 6.16. The van der Waals surface area contributed by atoms with Gasteiger partial charge in [0, 0.05) is 17.1 Å². The molecular formula is C14H18BrNO4. The number of amides is 1. The Bertz CT molecular complexity index is 493. The van der Waals surface area contributed by atoms with E-state index in [-0.39, 0.29) is 12.5 Å². The molecule has 110 valence electrons.